The van der Waals surface area contributed by atoms with Crippen LogP contribution in [-0.4, -0.2) is 18.0 Å². The van der Waals surface area contributed by atoms with E-state index in [1.165, 1.54) is 0 Å². The maximum absolute atomic E-state index is 11.4. The third kappa shape index (κ3) is 4.41. The van der Waals surface area contributed by atoms with Crippen molar-refractivity contribution >= 4 is 39.3 Å². The molecule has 88 valence electrons. The van der Waals surface area contributed by atoms with Gasteiger partial charge in [0.2, 0.25) is 0 Å². The SMILES string of the molecule is CC(CBr)COC(=O)Nc1ccccc1Cl. The first-order valence-electron chi connectivity index (χ1n) is 4.87. The lowest BCUT2D eigenvalue weighted by atomic mass is 10.2. The molecular formula is C11H13BrClNO2. The van der Waals surface area contributed by atoms with Crippen LogP contribution in [0.2, 0.25) is 5.02 Å². The second kappa shape index (κ2) is 6.76. The number of amides is 1. The second-order valence-corrected chi connectivity index (χ2v) is 4.52. The number of para-hydroxylation sites is 1. The fourth-order valence-corrected chi connectivity index (χ4v) is 1.34. The van der Waals surface area contributed by atoms with Crippen LogP contribution in [-0.2, 0) is 4.74 Å². The number of benzene rings is 1. The lowest BCUT2D eigenvalue weighted by molar-refractivity contribution is 0.148. The minimum absolute atomic E-state index is 0.289. The molecule has 1 aromatic carbocycles. The molecular weight excluding hydrogens is 293 g/mol. The number of ether oxygens (including phenoxy) is 1. The molecule has 3 nitrogen and oxygen atoms in total. The van der Waals surface area contributed by atoms with Crippen molar-refractivity contribution in [2.75, 3.05) is 17.3 Å². The smallest absolute Gasteiger partial charge is 0.411 e. The Bertz CT molecular complexity index is 360. The van der Waals surface area contributed by atoms with Gasteiger partial charge in [-0.1, -0.05) is 46.6 Å². The first-order chi connectivity index (χ1) is 7.63. The average molecular weight is 307 g/mol. The van der Waals surface area contributed by atoms with E-state index in [0.717, 1.165) is 5.33 Å². The largest absolute Gasteiger partial charge is 0.449 e. The summed E-state index contributed by atoms with van der Waals surface area (Å²) in [6.07, 6.45) is -0.485. The minimum atomic E-state index is -0.485. The fraction of sp³-hybridized carbons (Fsp3) is 0.364. The van der Waals surface area contributed by atoms with E-state index in [9.17, 15) is 4.79 Å². The zero-order valence-electron chi connectivity index (χ0n) is 8.87. The van der Waals surface area contributed by atoms with Crippen molar-refractivity contribution in [1.82, 2.24) is 0 Å². The summed E-state index contributed by atoms with van der Waals surface area (Å²) in [6, 6.07) is 7.02. The summed E-state index contributed by atoms with van der Waals surface area (Å²) in [6.45, 7) is 2.36. The molecule has 1 amide bonds. The number of anilines is 1. The monoisotopic (exact) mass is 305 g/mol. The Morgan fingerprint density at radius 1 is 1.56 bits per heavy atom. The van der Waals surface area contributed by atoms with Crippen molar-refractivity contribution in [2.24, 2.45) is 5.92 Å². The predicted molar refractivity (Wildman–Crippen MR) is 69.4 cm³/mol. The molecule has 1 rings (SSSR count). The lowest BCUT2D eigenvalue weighted by Crippen LogP contribution is -2.18. The highest BCUT2D eigenvalue weighted by molar-refractivity contribution is 9.09. The van der Waals surface area contributed by atoms with Crippen molar-refractivity contribution in [3.8, 4) is 0 Å². The van der Waals surface area contributed by atoms with Crippen LogP contribution >= 0.6 is 27.5 Å². The second-order valence-electron chi connectivity index (χ2n) is 3.46. The zero-order valence-corrected chi connectivity index (χ0v) is 11.2. The molecule has 0 aliphatic carbocycles. The summed E-state index contributed by atoms with van der Waals surface area (Å²) in [7, 11) is 0. The van der Waals surface area contributed by atoms with Gasteiger partial charge < -0.3 is 4.74 Å². The third-order valence-corrected chi connectivity index (χ3v) is 3.31. The Kier molecular flexibility index (Phi) is 5.63. The highest BCUT2D eigenvalue weighted by Gasteiger charge is 2.08. The minimum Gasteiger partial charge on any atom is -0.449 e. The molecule has 0 radical (unpaired) electrons. The quantitative estimate of drug-likeness (QED) is 0.856. The van der Waals surface area contributed by atoms with Crippen LogP contribution in [0.25, 0.3) is 0 Å². The number of nitrogens with one attached hydrogen (secondary N) is 1. The molecule has 0 aliphatic rings. The molecule has 1 unspecified atom stereocenters. The van der Waals surface area contributed by atoms with Crippen LogP contribution in [0.1, 0.15) is 6.92 Å². The normalized spacial score (nSPS) is 11.9. The van der Waals surface area contributed by atoms with Gasteiger partial charge >= 0.3 is 6.09 Å². The number of carbonyl (C=O) groups excluding carboxylic acids is 1. The number of carbonyl (C=O) groups is 1. The van der Waals surface area contributed by atoms with Crippen molar-refractivity contribution in [2.45, 2.75) is 6.92 Å². The summed E-state index contributed by atoms with van der Waals surface area (Å²) in [5.74, 6) is 0.289. The van der Waals surface area contributed by atoms with Gasteiger partial charge in [-0.05, 0) is 12.1 Å². The molecule has 0 fully saturated rings. The standard InChI is InChI=1S/C11H13BrClNO2/c1-8(6-12)7-16-11(15)14-10-5-3-2-4-9(10)13/h2-5,8H,6-7H2,1H3,(H,14,15). The maximum atomic E-state index is 11.4. The van der Waals surface area contributed by atoms with Gasteiger partial charge in [-0.15, -0.1) is 0 Å². The third-order valence-electron chi connectivity index (χ3n) is 1.87. The number of rotatable bonds is 4. The van der Waals surface area contributed by atoms with E-state index in [0.29, 0.717) is 17.3 Å². The number of hydrogen-bond donors (Lipinski definition) is 1. The molecule has 0 aromatic heterocycles. The summed E-state index contributed by atoms with van der Waals surface area (Å²) < 4.78 is 5.01. The van der Waals surface area contributed by atoms with Crippen LogP contribution in [0.5, 0.6) is 0 Å². The number of halogens is 2. The molecule has 0 bridgehead atoms. The Hall–Kier alpha value is -0.740. The molecule has 16 heavy (non-hydrogen) atoms. The molecule has 0 saturated heterocycles. The molecule has 0 heterocycles. The van der Waals surface area contributed by atoms with Crippen molar-refractivity contribution in [1.29, 1.82) is 0 Å². The van der Waals surface area contributed by atoms with Gasteiger partial charge in [0, 0.05) is 11.2 Å². The van der Waals surface area contributed by atoms with E-state index < -0.39 is 6.09 Å². The van der Waals surface area contributed by atoms with Crippen molar-refractivity contribution in [3.05, 3.63) is 29.3 Å². The van der Waals surface area contributed by atoms with Crippen LogP contribution in [0.4, 0.5) is 10.5 Å². The molecule has 1 N–H and O–H groups in total. The topological polar surface area (TPSA) is 38.3 Å². The molecule has 1 aromatic rings. The zero-order chi connectivity index (χ0) is 12.0. The van der Waals surface area contributed by atoms with Gasteiger partial charge in [0.15, 0.2) is 0 Å². The number of alkyl halides is 1. The molecule has 0 aliphatic heterocycles. The van der Waals surface area contributed by atoms with E-state index in [4.69, 9.17) is 16.3 Å². The molecule has 5 heteroatoms. The van der Waals surface area contributed by atoms with Gasteiger partial charge in [-0.2, -0.15) is 0 Å². The van der Waals surface area contributed by atoms with E-state index in [1.54, 1.807) is 24.3 Å². The Morgan fingerprint density at radius 2 is 2.25 bits per heavy atom. The van der Waals surface area contributed by atoms with Gasteiger partial charge in [0.05, 0.1) is 17.3 Å². The highest BCUT2D eigenvalue weighted by atomic mass is 79.9. The molecule has 0 saturated carbocycles. The van der Waals surface area contributed by atoms with Crippen LogP contribution in [0, 0.1) is 5.92 Å². The first-order valence-corrected chi connectivity index (χ1v) is 6.37. The van der Waals surface area contributed by atoms with Gasteiger partial charge in [-0.3, -0.25) is 5.32 Å². The average Bonchev–Trinajstić information content (AvgIpc) is 2.29. The van der Waals surface area contributed by atoms with Gasteiger partial charge in [0.1, 0.15) is 0 Å². The van der Waals surface area contributed by atoms with E-state index >= 15 is 0 Å². The van der Waals surface area contributed by atoms with Crippen LogP contribution in [0.15, 0.2) is 24.3 Å². The summed E-state index contributed by atoms with van der Waals surface area (Å²) in [5, 5.41) is 3.87. The highest BCUT2D eigenvalue weighted by Crippen LogP contribution is 2.20. The summed E-state index contributed by atoms with van der Waals surface area (Å²) >= 11 is 9.19. The van der Waals surface area contributed by atoms with E-state index in [1.807, 2.05) is 6.92 Å². The lowest BCUT2D eigenvalue weighted by Gasteiger charge is -2.10. The summed E-state index contributed by atoms with van der Waals surface area (Å²) in [4.78, 5) is 11.4. The molecule has 0 spiro atoms. The van der Waals surface area contributed by atoms with Gasteiger partial charge in [-0.25, -0.2) is 4.79 Å². The Labute approximate surface area is 108 Å². The first kappa shape index (κ1) is 13.3. The fourth-order valence-electron chi connectivity index (χ4n) is 0.971. The van der Waals surface area contributed by atoms with E-state index in [-0.39, 0.29) is 5.92 Å². The summed E-state index contributed by atoms with van der Waals surface area (Å²) in [5.41, 5.74) is 0.556. The van der Waals surface area contributed by atoms with E-state index in [2.05, 4.69) is 21.2 Å². The maximum Gasteiger partial charge on any atom is 0.411 e. The van der Waals surface area contributed by atoms with Crippen LogP contribution in [0.3, 0.4) is 0 Å². The van der Waals surface area contributed by atoms with Gasteiger partial charge in [0.25, 0.3) is 0 Å². The Balaban J connectivity index is 2.43. The predicted octanol–water partition coefficient (Wildman–Crippen LogP) is 3.92. The van der Waals surface area contributed by atoms with Crippen molar-refractivity contribution in [3.63, 3.8) is 0 Å². The Morgan fingerprint density at radius 3 is 2.88 bits per heavy atom. The molecule has 1 atom stereocenters. The number of hydrogen-bond acceptors (Lipinski definition) is 2. The van der Waals surface area contributed by atoms with Crippen molar-refractivity contribution < 1.29 is 9.53 Å². The van der Waals surface area contributed by atoms with Crippen LogP contribution < -0.4 is 5.32 Å².